The molecule has 0 unspecified atom stereocenters. The van der Waals surface area contributed by atoms with E-state index >= 15 is 0 Å². The summed E-state index contributed by atoms with van der Waals surface area (Å²) in [6, 6.07) is 7.93. The van der Waals surface area contributed by atoms with Crippen LogP contribution in [0.2, 0.25) is 0 Å². The fourth-order valence-electron chi connectivity index (χ4n) is 1.39. The molecule has 4 nitrogen and oxygen atoms in total. The van der Waals surface area contributed by atoms with Crippen molar-refractivity contribution in [2.45, 2.75) is 19.9 Å². The Morgan fingerprint density at radius 2 is 1.82 bits per heavy atom. The number of benzene rings is 1. The number of rotatable bonds is 4. The van der Waals surface area contributed by atoms with Gasteiger partial charge in [-0.2, -0.15) is 0 Å². The van der Waals surface area contributed by atoms with Gasteiger partial charge in [0.05, 0.1) is 7.11 Å². The smallest absolute Gasteiger partial charge is 0.315 e. The molecule has 0 aliphatic carbocycles. The second-order valence-corrected chi connectivity index (χ2v) is 3.99. The zero-order valence-corrected chi connectivity index (χ0v) is 10.4. The first-order valence-electron chi connectivity index (χ1n) is 5.39. The Balaban J connectivity index is 2.54. The van der Waals surface area contributed by atoms with Gasteiger partial charge in [0.25, 0.3) is 0 Å². The Labute approximate surface area is 101 Å². The summed E-state index contributed by atoms with van der Waals surface area (Å²) in [7, 11) is 2.95. The molecule has 92 valence electrons. The van der Waals surface area contributed by atoms with Gasteiger partial charge in [0.15, 0.2) is 0 Å². The van der Waals surface area contributed by atoms with E-state index in [2.05, 4.69) is 4.74 Å². The molecule has 0 saturated carbocycles. The molecule has 0 aromatic heterocycles. The number of esters is 1. The molecule has 1 aromatic carbocycles. The highest BCUT2D eigenvalue weighted by Gasteiger charge is 2.14. The van der Waals surface area contributed by atoms with Crippen LogP contribution in [0.15, 0.2) is 24.3 Å². The van der Waals surface area contributed by atoms with Crippen LogP contribution in [0.1, 0.15) is 17.5 Å². The summed E-state index contributed by atoms with van der Waals surface area (Å²) in [5.74, 6) is -0.747. The molecule has 0 aliphatic rings. The fourth-order valence-corrected chi connectivity index (χ4v) is 1.39. The number of ether oxygens (including phenoxy) is 1. The van der Waals surface area contributed by atoms with Crippen molar-refractivity contribution in [1.29, 1.82) is 0 Å². The van der Waals surface area contributed by atoms with Gasteiger partial charge in [-0.15, -0.1) is 0 Å². The highest BCUT2D eigenvalue weighted by atomic mass is 16.5. The second-order valence-electron chi connectivity index (χ2n) is 3.99. The van der Waals surface area contributed by atoms with Gasteiger partial charge >= 0.3 is 5.97 Å². The molecule has 17 heavy (non-hydrogen) atoms. The van der Waals surface area contributed by atoms with Gasteiger partial charge in [0, 0.05) is 13.6 Å². The molecule has 0 N–H and O–H groups in total. The van der Waals surface area contributed by atoms with E-state index in [0.29, 0.717) is 6.54 Å². The van der Waals surface area contributed by atoms with Gasteiger partial charge in [-0.25, -0.2) is 0 Å². The summed E-state index contributed by atoms with van der Waals surface area (Å²) in [5.41, 5.74) is 2.22. The maximum atomic E-state index is 11.6. The monoisotopic (exact) mass is 235 g/mol. The number of nitrogens with zero attached hydrogens (tertiary/aromatic N) is 1. The average molecular weight is 235 g/mol. The zero-order valence-electron chi connectivity index (χ0n) is 10.4. The van der Waals surface area contributed by atoms with Gasteiger partial charge in [0.1, 0.15) is 6.42 Å². The Kier molecular flexibility index (Phi) is 4.69. The molecule has 1 aromatic rings. The van der Waals surface area contributed by atoms with Crippen LogP contribution >= 0.6 is 0 Å². The predicted octanol–water partition coefficient (Wildman–Crippen LogP) is 1.52. The lowest BCUT2D eigenvalue weighted by Gasteiger charge is -2.16. The summed E-state index contributed by atoms with van der Waals surface area (Å²) in [4.78, 5) is 24.1. The Bertz CT molecular complexity index is 398. The molecule has 1 rings (SSSR count). The van der Waals surface area contributed by atoms with E-state index in [1.54, 1.807) is 7.05 Å². The van der Waals surface area contributed by atoms with Crippen LogP contribution in [0, 0.1) is 6.92 Å². The maximum absolute atomic E-state index is 11.6. The van der Waals surface area contributed by atoms with E-state index in [1.807, 2.05) is 31.2 Å². The largest absolute Gasteiger partial charge is 0.469 e. The van der Waals surface area contributed by atoms with Crippen LogP contribution in [0.5, 0.6) is 0 Å². The van der Waals surface area contributed by atoms with Crippen molar-refractivity contribution in [3.05, 3.63) is 35.4 Å². The molecular weight excluding hydrogens is 218 g/mol. The summed E-state index contributed by atoms with van der Waals surface area (Å²) in [6.45, 7) is 2.51. The Morgan fingerprint density at radius 1 is 1.24 bits per heavy atom. The third-order valence-electron chi connectivity index (χ3n) is 2.49. The molecule has 0 fully saturated rings. The van der Waals surface area contributed by atoms with Crippen molar-refractivity contribution in [2.75, 3.05) is 14.2 Å². The minimum atomic E-state index is -0.509. The number of carbonyl (C=O) groups excluding carboxylic acids is 2. The summed E-state index contributed by atoms with van der Waals surface area (Å²) < 4.78 is 4.45. The van der Waals surface area contributed by atoms with Crippen LogP contribution in [-0.4, -0.2) is 30.9 Å². The zero-order chi connectivity index (χ0) is 12.8. The maximum Gasteiger partial charge on any atom is 0.315 e. The van der Waals surface area contributed by atoms with E-state index in [9.17, 15) is 9.59 Å². The van der Waals surface area contributed by atoms with Crippen LogP contribution in [0.25, 0.3) is 0 Å². The summed E-state index contributed by atoms with van der Waals surface area (Å²) in [6.07, 6.45) is -0.209. The van der Waals surface area contributed by atoms with Gasteiger partial charge in [-0.1, -0.05) is 29.8 Å². The number of amides is 1. The fraction of sp³-hybridized carbons (Fsp3) is 0.385. The van der Waals surface area contributed by atoms with Crippen molar-refractivity contribution in [3.8, 4) is 0 Å². The molecule has 0 heterocycles. The number of aryl methyl sites for hydroxylation is 1. The van der Waals surface area contributed by atoms with Gasteiger partial charge < -0.3 is 9.64 Å². The molecule has 0 bridgehead atoms. The van der Waals surface area contributed by atoms with Crippen LogP contribution < -0.4 is 0 Å². The first-order chi connectivity index (χ1) is 8.02. The van der Waals surface area contributed by atoms with E-state index < -0.39 is 5.97 Å². The highest BCUT2D eigenvalue weighted by molar-refractivity contribution is 5.94. The lowest BCUT2D eigenvalue weighted by molar-refractivity contribution is -0.146. The summed E-state index contributed by atoms with van der Waals surface area (Å²) in [5, 5.41) is 0. The molecule has 0 saturated heterocycles. The number of carbonyl (C=O) groups is 2. The first-order valence-corrected chi connectivity index (χ1v) is 5.39. The third kappa shape index (κ3) is 4.26. The average Bonchev–Trinajstić information content (AvgIpc) is 2.31. The number of methoxy groups -OCH3 is 1. The minimum absolute atomic E-state index is 0.209. The van der Waals surface area contributed by atoms with Crippen LogP contribution in [0.3, 0.4) is 0 Å². The lowest BCUT2D eigenvalue weighted by atomic mass is 10.1. The second kappa shape index (κ2) is 6.03. The highest BCUT2D eigenvalue weighted by Crippen LogP contribution is 2.06. The van der Waals surface area contributed by atoms with Crippen molar-refractivity contribution >= 4 is 11.9 Å². The van der Waals surface area contributed by atoms with E-state index in [4.69, 9.17) is 0 Å². The van der Waals surface area contributed by atoms with Gasteiger partial charge in [0.2, 0.25) is 5.91 Å². The topological polar surface area (TPSA) is 46.6 Å². The Hall–Kier alpha value is -1.84. The quantitative estimate of drug-likeness (QED) is 0.587. The first kappa shape index (κ1) is 13.2. The van der Waals surface area contributed by atoms with Crippen molar-refractivity contribution in [1.82, 2.24) is 4.90 Å². The SMILES string of the molecule is COC(=O)CC(=O)N(C)Cc1ccc(C)cc1. The molecule has 1 amide bonds. The van der Waals surface area contributed by atoms with Crippen molar-refractivity contribution in [2.24, 2.45) is 0 Å². The molecule has 0 atom stereocenters. The van der Waals surface area contributed by atoms with Crippen LogP contribution in [0.4, 0.5) is 0 Å². The van der Waals surface area contributed by atoms with Gasteiger partial charge in [-0.3, -0.25) is 9.59 Å². The normalized spacial score (nSPS) is 9.82. The Morgan fingerprint density at radius 3 is 2.35 bits per heavy atom. The number of hydrogen-bond donors (Lipinski definition) is 0. The van der Waals surface area contributed by atoms with E-state index in [1.165, 1.54) is 17.6 Å². The predicted molar refractivity (Wildman–Crippen MR) is 64.3 cm³/mol. The van der Waals surface area contributed by atoms with Crippen molar-refractivity contribution in [3.63, 3.8) is 0 Å². The lowest BCUT2D eigenvalue weighted by Crippen LogP contribution is -2.28. The minimum Gasteiger partial charge on any atom is -0.469 e. The summed E-state index contributed by atoms with van der Waals surface area (Å²) >= 11 is 0. The molecule has 4 heteroatoms. The molecule has 0 radical (unpaired) electrons. The standard InChI is InChI=1S/C13H17NO3/c1-10-4-6-11(7-5-10)9-14(2)12(15)8-13(16)17-3/h4-7H,8-9H2,1-3H3. The van der Waals surface area contributed by atoms with Gasteiger partial charge in [-0.05, 0) is 12.5 Å². The molecular formula is C13H17NO3. The van der Waals surface area contributed by atoms with Crippen molar-refractivity contribution < 1.29 is 14.3 Å². The van der Waals surface area contributed by atoms with E-state index in [-0.39, 0.29) is 12.3 Å². The van der Waals surface area contributed by atoms with E-state index in [0.717, 1.165) is 5.56 Å². The molecule has 0 spiro atoms. The molecule has 0 aliphatic heterocycles. The number of hydrogen-bond acceptors (Lipinski definition) is 3. The van der Waals surface area contributed by atoms with Crippen LogP contribution in [-0.2, 0) is 20.9 Å². The third-order valence-corrected chi connectivity index (χ3v) is 2.49.